The standard InChI is InChI=1S/C19H17FN2O2/c1-11-15(9-12-5-6-13(20)10-17(12)21-11)19(23)22-16-3-2-4-18-14(16)7-8-24-18/h5-10,16H,2-4H2,1H3,(H,22,23). The Hall–Kier alpha value is -2.69. The average molecular weight is 324 g/mol. The van der Waals surface area contributed by atoms with Crippen molar-refractivity contribution in [3.05, 3.63) is 65.0 Å². The van der Waals surface area contributed by atoms with E-state index < -0.39 is 0 Å². The number of pyridine rings is 1. The van der Waals surface area contributed by atoms with Crippen molar-refractivity contribution in [3.8, 4) is 0 Å². The number of halogens is 1. The van der Waals surface area contributed by atoms with Gasteiger partial charge in [0.1, 0.15) is 11.6 Å². The zero-order valence-electron chi connectivity index (χ0n) is 13.3. The van der Waals surface area contributed by atoms with Crippen molar-refractivity contribution in [1.29, 1.82) is 0 Å². The lowest BCUT2D eigenvalue weighted by molar-refractivity contribution is 0.0931. The fourth-order valence-electron chi connectivity index (χ4n) is 3.34. The summed E-state index contributed by atoms with van der Waals surface area (Å²) in [7, 11) is 0. The van der Waals surface area contributed by atoms with Crippen molar-refractivity contribution >= 4 is 16.8 Å². The molecule has 2 heterocycles. The maximum atomic E-state index is 13.3. The lowest BCUT2D eigenvalue weighted by Gasteiger charge is -2.23. The third kappa shape index (κ3) is 2.56. The minimum absolute atomic E-state index is 0.0386. The van der Waals surface area contributed by atoms with Crippen molar-refractivity contribution in [2.45, 2.75) is 32.2 Å². The second-order valence-corrected chi connectivity index (χ2v) is 6.18. The van der Waals surface area contributed by atoms with Crippen LogP contribution in [-0.4, -0.2) is 10.9 Å². The summed E-state index contributed by atoms with van der Waals surface area (Å²) in [6, 6.07) is 8.05. The van der Waals surface area contributed by atoms with Crippen molar-refractivity contribution < 1.29 is 13.6 Å². The Labute approximate surface area is 138 Å². The maximum Gasteiger partial charge on any atom is 0.253 e. The van der Waals surface area contributed by atoms with Crippen molar-refractivity contribution in [1.82, 2.24) is 10.3 Å². The Bertz CT molecular complexity index is 932. The van der Waals surface area contributed by atoms with Gasteiger partial charge in [-0.1, -0.05) is 0 Å². The summed E-state index contributed by atoms with van der Waals surface area (Å²) in [5.74, 6) is 0.460. The van der Waals surface area contributed by atoms with E-state index in [0.29, 0.717) is 16.8 Å². The number of amides is 1. The van der Waals surface area contributed by atoms with Gasteiger partial charge in [0.05, 0.1) is 29.1 Å². The van der Waals surface area contributed by atoms with Gasteiger partial charge in [-0.25, -0.2) is 4.39 Å². The molecule has 0 spiro atoms. The Morgan fingerprint density at radius 3 is 3.08 bits per heavy atom. The Kier molecular flexibility index (Phi) is 3.56. The summed E-state index contributed by atoms with van der Waals surface area (Å²) in [6.45, 7) is 1.77. The number of nitrogens with zero attached hydrogens (tertiary/aromatic N) is 1. The molecule has 1 amide bonds. The van der Waals surface area contributed by atoms with E-state index in [1.807, 2.05) is 6.07 Å². The number of aryl methyl sites for hydroxylation is 2. The molecular formula is C19H17FN2O2. The SMILES string of the molecule is Cc1nc2cc(F)ccc2cc1C(=O)NC1CCCc2occc21. The van der Waals surface area contributed by atoms with Crippen molar-refractivity contribution in [2.24, 2.45) is 0 Å². The summed E-state index contributed by atoms with van der Waals surface area (Å²) in [5, 5.41) is 3.83. The van der Waals surface area contributed by atoms with E-state index in [0.717, 1.165) is 36.0 Å². The van der Waals surface area contributed by atoms with Crippen LogP contribution in [0.15, 0.2) is 41.0 Å². The second-order valence-electron chi connectivity index (χ2n) is 6.18. The molecule has 0 saturated heterocycles. The van der Waals surface area contributed by atoms with Crippen molar-refractivity contribution in [3.63, 3.8) is 0 Å². The minimum atomic E-state index is -0.332. The molecule has 5 heteroatoms. The van der Waals surface area contributed by atoms with E-state index in [1.54, 1.807) is 25.3 Å². The zero-order chi connectivity index (χ0) is 16.7. The van der Waals surface area contributed by atoms with E-state index in [2.05, 4.69) is 10.3 Å². The van der Waals surface area contributed by atoms with Crippen LogP contribution in [0.25, 0.3) is 10.9 Å². The van der Waals surface area contributed by atoms with Crippen LogP contribution < -0.4 is 5.32 Å². The first-order valence-electron chi connectivity index (χ1n) is 8.06. The highest BCUT2D eigenvalue weighted by Crippen LogP contribution is 2.31. The number of furan rings is 1. The van der Waals surface area contributed by atoms with E-state index in [-0.39, 0.29) is 17.8 Å². The molecule has 0 radical (unpaired) electrons. The van der Waals surface area contributed by atoms with Crippen LogP contribution >= 0.6 is 0 Å². The van der Waals surface area contributed by atoms with Gasteiger partial charge in [-0.2, -0.15) is 0 Å². The number of rotatable bonds is 2. The maximum absolute atomic E-state index is 13.3. The topological polar surface area (TPSA) is 55.1 Å². The molecule has 4 nitrogen and oxygen atoms in total. The van der Waals surface area contributed by atoms with E-state index in [1.165, 1.54) is 12.1 Å². The molecular weight excluding hydrogens is 307 g/mol. The molecule has 1 aromatic carbocycles. The molecule has 1 N–H and O–H groups in total. The van der Waals surface area contributed by atoms with Gasteiger partial charge in [-0.3, -0.25) is 9.78 Å². The van der Waals surface area contributed by atoms with Crippen LogP contribution in [0.2, 0.25) is 0 Å². The van der Waals surface area contributed by atoms with Crippen LogP contribution in [0.1, 0.15) is 46.3 Å². The third-order valence-electron chi connectivity index (χ3n) is 4.57. The highest BCUT2D eigenvalue weighted by atomic mass is 19.1. The zero-order valence-corrected chi connectivity index (χ0v) is 13.3. The number of carbonyl (C=O) groups excluding carboxylic acids is 1. The summed E-state index contributed by atoms with van der Waals surface area (Å²) in [6.07, 6.45) is 4.46. The molecule has 1 aliphatic rings. The quantitative estimate of drug-likeness (QED) is 0.772. The van der Waals surface area contributed by atoms with E-state index >= 15 is 0 Å². The Balaban J connectivity index is 1.65. The van der Waals surface area contributed by atoms with Gasteiger partial charge in [0.15, 0.2) is 0 Å². The predicted molar refractivity (Wildman–Crippen MR) is 88.3 cm³/mol. The van der Waals surface area contributed by atoms with Crippen LogP contribution in [0, 0.1) is 12.7 Å². The number of benzene rings is 1. The third-order valence-corrected chi connectivity index (χ3v) is 4.57. The van der Waals surface area contributed by atoms with Gasteiger partial charge >= 0.3 is 0 Å². The number of carbonyl (C=O) groups is 1. The molecule has 1 unspecified atom stereocenters. The summed E-state index contributed by atoms with van der Waals surface area (Å²) < 4.78 is 18.8. The highest BCUT2D eigenvalue weighted by Gasteiger charge is 2.25. The van der Waals surface area contributed by atoms with E-state index in [4.69, 9.17) is 4.42 Å². The molecule has 2 aromatic heterocycles. The Morgan fingerprint density at radius 2 is 2.21 bits per heavy atom. The monoisotopic (exact) mass is 324 g/mol. The number of aromatic nitrogens is 1. The first kappa shape index (κ1) is 14.9. The van der Waals surface area contributed by atoms with E-state index in [9.17, 15) is 9.18 Å². The molecule has 3 aromatic rings. The normalized spacial score (nSPS) is 16.8. The van der Waals surface area contributed by atoms with Crippen molar-refractivity contribution in [2.75, 3.05) is 0 Å². The van der Waals surface area contributed by atoms with Crippen LogP contribution in [-0.2, 0) is 6.42 Å². The first-order valence-corrected chi connectivity index (χ1v) is 8.06. The first-order chi connectivity index (χ1) is 11.6. The molecule has 0 saturated carbocycles. The van der Waals surface area contributed by atoms with Crippen LogP contribution in [0.4, 0.5) is 4.39 Å². The van der Waals surface area contributed by atoms with Gasteiger partial charge < -0.3 is 9.73 Å². The molecule has 1 aliphatic carbocycles. The molecule has 0 aliphatic heterocycles. The average Bonchev–Trinajstić information content (AvgIpc) is 3.03. The molecule has 122 valence electrons. The largest absolute Gasteiger partial charge is 0.469 e. The predicted octanol–water partition coefficient (Wildman–Crippen LogP) is 4.08. The Morgan fingerprint density at radius 1 is 1.33 bits per heavy atom. The summed E-state index contributed by atoms with van der Waals surface area (Å²) in [4.78, 5) is 17.1. The lowest BCUT2D eigenvalue weighted by atomic mass is 9.93. The molecule has 24 heavy (non-hydrogen) atoms. The lowest BCUT2D eigenvalue weighted by Crippen LogP contribution is -2.31. The van der Waals surface area contributed by atoms with Gasteiger partial charge in [-0.15, -0.1) is 0 Å². The molecule has 1 atom stereocenters. The highest BCUT2D eigenvalue weighted by molar-refractivity contribution is 5.98. The summed E-state index contributed by atoms with van der Waals surface area (Å²) in [5.41, 5.74) is 2.72. The fraction of sp³-hybridized carbons (Fsp3) is 0.263. The van der Waals surface area contributed by atoms with Crippen LogP contribution in [0.3, 0.4) is 0 Å². The molecule has 0 fully saturated rings. The van der Waals surface area contributed by atoms with Gasteiger partial charge in [0.25, 0.3) is 5.91 Å². The number of hydrogen-bond donors (Lipinski definition) is 1. The number of nitrogens with one attached hydrogen (secondary N) is 1. The number of fused-ring (bicyclic) bond motifs is 2. The smallest absolute Gasteiger partial charge is 0.253 e. The van der Waals surface area contributed by atoms with Gasteiger partial charge in [0, 0.05) is 23.4 Å². The summed E-state index contributed by atoms with van der Waals surface area (Å²) >= 11 is 0. The molecule has 4 rings (SSSR count). The molecule has 0 bridgehead atoms. The van der Waals surface area contributed by atoms with Crippen LogP contribution in [0.5, 0.6) is 0 Å². The van der Waals surface area contributed by atoms with Gasteiger partial charge in [-0.05, 0) is 44.0 Å². The second kappa shape index (κ2) is 5.74. The van der Waals surface area contributed by atoms with Gasteiger partial charge in [0.2, 0.25) is 0 Å². The number of hydrogen-bond acceptors (Lipinski definition) is 3. The minimum Gasteiger partial charge on any atom is -0.469 e. The fourth-order valence-corrected chi connectivity index (χ4v) is 3.34.